The Labute approximate surface area is 176 Å². The lowest BCUT2D eigenvalue weighted by Crippen LogP contribution is -2.48. The van der Waals surface area contributed by atoms with E-state index in [0.717, 1.165) is 17.5 Å². The van der Waals surface area contributed by atoms with Crippen LogP contribution >= 0.6 is 0 Å². The van der Waals surface area contributed by atoms with Gasteiger partial charge < -0.3 is 15.2 Å². The molecule has 0 bridgehead atoms. The lowest BCUT2D eigenvalue weighted by atomic mass is 9.61. The van der Waals surface area contributed by atoms with Crippen molar-refractivity contribution in [1.29, 1.82) is 5.26 Å². The molecule has 1 unspecified atom stereocenters. The number of hydrogen-bond donors (Lipinski definition) is 2. The summed E-state index contributed by atoms with van der Waals surface area (Å²) >= 11 is 0. The fourth-order valence-corrected chi connectivity index (χ4v) is 5.44. The molecule has 1 aliphatic carbocycles. The van der Waals surface area contributed by atoms with Crippen LogP contribution in [0.15, 0.2) is 48.8 Å². The zero-order valence-electron chi connectivity index (χ0n) is 17.1. The van der Waals surface area contributed by atoms with Crippen molar-refractivity contribution in [3.05, 3.63) is 59.9 Å². The molecule has 2 fully saturated rings. The predicted molar refractivity (Wildman–Crippen MR) is 112 cm³/mol. The third-order valence-electron chi connectivity index (χ3n) is 6.72. The van der Waals surface area contributed by atoms with Crippen molar-refractivity contribution >= 4 is 5.78 Å². The number of carbonyl (C=O) groups excluding carboxylic acids is 1. The lowest BCUT2D eigenvalue weighted by Gasteiger charge is -2.46. The molecule has 0 radical (unpaired) electrons. The fourth-order valence-electron chi connectivity index (χ4n) is 5.44. The summed E-state index contributed by atoms with van der Waals surface area (Å²) in [6.45, 7) is 0.557. The quantitative estimate of drug-likeness (QED) is 0.767. The average Bonchev–Trinajstić information content (AvgIpc) is 3.20. The summed E-state index contributed by atoms with van der Waals surface area (Å²) in [5.74, 6) is 0.625. The number of pyridine rings is 1. The molecule has 2 aliphatic rings. The minimum Gasteiger partial charge on any atom is -0.496 e. The van der Waals surface area contributed by atoms with Gasteiger partial charge in [-0.3, -0.25) is 9.78 Å². The molecule has 0 spiro atoms. The van der Waals surface area contributed by atoms with E-state index in [0.29, 0.717) is 31.6 Å². The van der Waals surface area contributed by atoms with E-state index >= 15 is 0 Å². The number of carbonyl (C=O) groups is 1. The van der Waals surface area contributed by atoms with E-state index in [-0.39, 0.29) is 29.6 Å². The number of methoxy groups -OCH3 is 1. The molecule has 156 valence electrons. The second-order valence-corrected chi connectivity index (χ2v) is 8.45. The third kappa shape index (κ3) is 3.71. The lowest BCUT2D eigenvalue weighted by molar-refractivity contribution is -0.124. The van der Waals surface area contributed by atoms with E-state index in [4.69, 9.17) is 4.74 Å². The van der Waals surface area contributed by atoms with Crippen molar-refractivity contribution < 1.29 is 14.6 Å². The van der Waals surface area contributed by atoms with Crippen LogP contribution in [0, 0.1) is 29.1 Å². The molecule has 0 amide bonds. The van der Waals surface area contributed by atoms with Crippen LogP contribution in [0.1, 0.15) is 30.4 Å². The van der Waals surface area contributed by atoms with Gasteiger partial charge >= 0.3 is 0 Å². The van der Waals surface area contributed by atoms with Crippen molar-refractivity contribution in [2.45, 2.75) is 37.3 Å². The molecule has 30 heavy (non-hydrogen) atoms. The number of aromatic nitrogens is 1. The molecule has 5 atom stereocenters. The number of nitriles is 1. The fraction of sp³-hybridized carbons (Fsp3) is 0.458. The van der Waals surface area contributed by atoms with Gasteiger partial charge in [0.2, 0.25) is 0 Å². The highest BCUT2D eigenvalue weighted by molar-refractivity contribution is 5.86. The molecule has 6 heteroatoms. The third-order valence-corrected chi connectivity index (χ3v) is 6.72. The molecule has 2 heterocycles. The summed E-state index contributed by atoms with van der Waals surface area (Å²) in [6, 6.07) is 13.2. The number of rotatable bonds is 6. The Hall–Kier alpha value is -2.75. The predicted octanol–water partition coefficient (Wildman–Crippen LogP) is 2.62. The summed E-state index contributed by atoms with van der Waals surface area (Å²) in [5.41, 5.74) is 0.484. The van der Waals surface area contributed by atoms with Crippen LogP contribution in [0.2, 0.25) is 0 Å². The Kier molecular flexibility index (Phi) is 5.85. The minimum absolute atomic E-state index is 0.0276. The first kappa shape index (κ1) is 20.5. The van der Waals surface area contributed by atoms with Gasteiger partial charge in [0.05, 0.1) is 24.8 Å². The van der Waals surface area contributed by atoms with Crippen molar-refractivity contribution in [2.24, 2.45) is 17.8 Å². The topological polar surface area (TPSA) is 95.2 Å². The van der Waals surface area contributed by atoms with Crippen molar-refractivity contribution in [3.63, 3.8) is 0 Å². The molecular formula is C24H27N3O3. The van der Waals surface area contributed by atoms with E-state index in [1.807, 2.05) is 36.4 Å². The van der Waals surface area contributed by atoms with E-state index < -0.39 is 5.60 Å². The van der Waals surface area contributed by atoms with Crippen molar-refractivity contribution in [3.8, 4) is 11.8 Å². The van der Waals surface area contributed by atoms with Gasteiger partial charge in [-0.2, -0.15) is 5.26 Å². The molecule has 2 N–H and O–H groups in total. The maximum Gasteiger partial charge on any atom is 0.154 e. The Balaban J connectivity index is 1.65. The van der Waals surface area contributed by atoms with Gasteiger partial charge in [-0.05, 0) is 42.4 Å². The summed E-state index contributed by atoms with van der Waals surface area (Å²) in [6.07, 6.45) is 5.34. The minimum atomic E-state index is -1.15. The molecule has 1 aromatic carbocycles. The van der Waals surface area contributed by atoms with Gasteiger partial charge in [0.25, 0.3) is 0 Å². The maximum atomic E-state index is 13.1. The highest BCUT2D eigenvalue weighted by atomic mass is 16.5. The number of nitrogens with zero attached hydrogens (tertiary/aromatic N) is 2. The highest BCUT2D eigenvalue weighted by Crippen LogP contribution is 2.52. The molecular weight excluding hydrogens is 378 g/mol. The molecule has 1 saturated heterocycles. The van der Waals surface area contributed by atoms with Crippen molar-refractivity contribution in [1.82, 2.24) is 10.3 Å². The van der Waals surface area contributed by atoms with Gasteiger partial charge in [0.1, 0.15) is 5.75 Å². The molecule has 2 aromatic rings. The van der Waals surface area contributed by atoms with E-state index in [1.165, 1.54) is 0 Å². The number of ether oxygens (including phenoxy) is 1. The number of para-hydroxylation sites is 1. The standard InChI is InChI=1S/C24H27N3O3/c1-30-22-7-3-2-6-19(22)24(29)13-16(8-9-25)11-18-20(24)15-27-23(18)21(28)12-17-5-4-10-26-14-17/h2-7,10,14,16,18,20,23,27,29H,8,11-13,15H2,1H3/t16-,18-,20-,23?,24-/m1/s1. The Bertz CT molecular complexity index is 942. The zero-order valence-corrected chi connectivity index (χ0v) is 17.1. The van der Waals surface area contributed by atoms with Crippen LogP contribution in [-0.2, 0) is 16.8 Å². The Morgan fingerprint density at radius 1 is 1.37 bits per heavy atom. The molecule has 1 saturated carbocycles. The average molecular weight is 405 g/mol. The molecule has 4 rings (SSSR count). The highest BCUT2D eigenvalue weighted by Gasteiger charge is 2.55. The Morgan fingerprint density at radius 3 is 2.93 bits per heavy atom. The first-order chi connectivity index (χ1) is 14.6. The summed E-state index contributed by atoms with van der Waals surface area (Å²) in [5, 5.41) is 24.7. The van der Waals surface area contributed by atoms with Crippen LogP contribution in [0.25, 0.3) is 0 Å². The summed E-state index contributed by atoms with van der Waals surface area (Å²) in [7, 11) is 1.60. The van der Waals surface area contributed by atoms with Gasteiger partial charge in [-0.15, -0.1) is 0 Å². The number of nitrogens with one attached hydrogen (secondary N) is 1. The van der Waals surface area contributed by atoms with Crippen LogP contribution in [-0.4, -0.2) is 35.6 Å². The maximum absolute atomic E-state index is 13.1. The number of aliphatic hydroxyl groups is 1. The SMILES string of the molecule is COc1ccccc1[C@]1(O)C[C@H](CC#N)C[C@H]2C(C(=O)Cc3cccnc3)NC[C@H]21. The first-order valence-corrected chi connectivity index (χ1v) is 10.4. The van der Waals surface area contributed by atoms with Crippen LogP contribution in [0.3, 0.4) is 0 Å². The molecule has 1 aliphatic heterocycles. The van der Waals surface area contributed by atoms with Gasteiger partial charge in [0, 0.05) is 43.3 Å². The largest absolute Gasteiger partial charge is 0.496 e. The summed E-state index contributed by atoms with van der Waals surface area (Å²) in [4.78, 5) is 17.2. The van der Waals surface area contributed by atoms with Crippen LogP contribution < -0.4 is 10.1 Å². The van der Waals surface area contributed by atoms with Gasteiger partial charge in [-0.25, -0.2) is 0 Å². The molecule has 1 aromatic heterocycles. The number of hydrogen-bond acceptors (Lipinski definition) is 6. The van der Waals surface area contributed by atoms with Crippen LogP contribution in [0.5, 0.6) is 5.75 Å². The number of ketones is 1. The van der Waals surface area contributed by atoms with E-state index in [2.05, 4.69) is 16.4 Å². The van der Waals surface area contributed by atoms with E-state index in [9.17, 15) is 15.2 Å². The molecule has 6 nitrogen and oxygen atoms in total. The number of fused-ring (bicyclic) bond motifs is 1. The van der Waals surface area contributed by atoms with Crippen molar-refractivity contribution in [2.75, 3.05) is 13.7 Å². The Morgan fingerprint density at radius 2 is 2.20 bits per heavy atom. The normalized spacial score (nSPS) is 30.3. The van der Waals surface area contributed by atoms with Crippen LogP contribution in [0.4, 0.5) is 0 Å². The van der Waals surface area contributed by atoms with E-state index in [1.54, 1.807) is 19.5 Å². The number of Topliss-reactive ketones (excluding diaryl/α,β-unsaturated/α-hetero) is 1. The number of benzene rings is 1. The second-order valence-electron chi connectivity index (χ2n) is 8.45. The van der Waals surface area contributed by atoms with Gasteiger partial charge in [0.15, 0.2) is 5.78 Å². The second kappa shape index (κ2) is 8.55. The monoisotopic (exact) mass is 405 g/mol. The first-order valence-electron chi connectivity index (χ1n) is 10.4. The van der Waals surface area contributed by atoms with Gasteiger partial charge in [-0.1, -0.05) is 24.3 Å². The smallest absolute Gasteiger partial charge is 0.154 e. The zero-order chi connectivity index (χ0) is 21.1. The summed E-state index contributed by atoms with van der Waals surface area (Å²) < 4.78 is 5.54.